The lowest BCUT2D eigenvalue weighted by molar-refractivity contribution is 0.0950. The third-order valence-electron chi connectivity index (χ3n) is 2.39. The summed E-state index contributed by atoms with van der Waals surface area (Å²) >= 11 is 7.37. The van der Waals surface area contributed by atoms with Crippen LogP contribution in [0.5, 0.6) is 0 Å². The number of rotatable bonds is 4. The highest BCUT2D eigenvalue weighted by Crippen LogP contribution is 2.11. The minimum Gasteiger partial charge on any atom is -0.346 e. The van der Waals surface area contributed by atoms with Crippen molar-refractivity contribution in [3.8, 4) is 0 Å². The van der Waals surface area contributed by atoms with Crippen molar-refractivity contribution in [1.29, 1.82) is 0 Å². The molecule has 0 fully saturated rings. The van der Waals surface area contributed by atoms with Gasteiger partial charge in [-0.3, -0.25) is 4.79 Å². The molecule has 18 heavy (non-hydrogen) atoms. The summed E-state index contributed by atoms with van der Waals surface area (Å²) in [5, 5.41) is 5.04. The molecule has 0 aliphatic rings. The van der Waals surface area contributed by atoms with Gasteiger partial charge in [-0.05, 0) is 18.6 Å². The van der Waals surface area contributed by atoms with E-state index in [1.165, 1.54) is 11.3 Å². The predicted octanol–water partition coefficient (Wildman–Crippen LogP) is 2.68. The largest absolute Gasteiger partial charge is 0.346 e. The van der Waals surface area contributed by atoms with Gasteiger partial charge in [0, 0.05) is 16.6 Å². The average Bonchev–Trinajstić information content (AvgIpc) is 2.88. The molecule has 0 radical (unpaired) electrons. The van der Waals surface area contributed by atoms with E-state index in [9.17, 15) is 4.79 Å². The van der Waals surface area contributed by atoms with Gasteiger partial charge >= 0.3 is 0 Å². The monoisotopic (exact) mass is 281 g/mol. The number of hydrogen-bond donors (Lipinski definition) is 1. The van der Waals surface area contributed by atoms with Gasteiger partial charge < -0.3 is 5.32 Å². The minimum absolute atomic E-state index is 0.165. The van der Waals surface area contributed by atoms with Crippen LogP contribution in [-0.2, 0) is 13.0 Å². The molecule has 6 heteroatoms. The highest BCUT2D eigenvalue weighted by atomic mass is 35.5. The zero-order valence-electron chi connectivity index (χ0n) is 9.81. The van der Waals surface area contributed by atoms with Crippen molar-refractivity contribution in [3.05, 3.63) is 45.1 Å². The lowest BCUT2D eigenvalue weighted by Gasteiger charge is -2.05. The van der Waals surface area contributed by atoms with Crippen molar-refractivity contribution in [3.63, 3.8) is 0 Å². The Bertz CT molecular complexity index is 542. The molecule has 0 saturated carbocycles. The summed E-state index contributed by atoms with van der Waals surface area (Å²) in [4.78, 5) is 20.2. The molecule has 0 aromatic carbocycles. The molecule has 2 rings (SSSR count). The summed E-state index contributed by atoms with van der Waals surface area (Å²) in [7, 11) is 0. The third-order valence-corrected chi connectivity index (χ3v) is 3.21. The molecule has 94 valence electrons. The number of hydrogen-bond acceptors (Lipinski definition) is 4. The van der Waals surface area contributed by atoms with Crippen LogP contribution in [-0.4, -0.2) is 15.9 Å². The van der Waals surface area contributed by atoms with E-state index in [-0.39, 0.29) is 5.91 Å². The quantitative estimate of drug-likeness (QED) is 0.877. The maximum atomic E-state index is 11.9. The Morgan fingerprint density at radius 3 is 2.94 bits per heavy atom. The Hall–Kier alpha value is -1.46. The smallest absolute Gasteiger partial charge is 0.251 e. The highest BCUT2D eigenvalue weighted by molar-refractivity contribution is 7.07. The molecule has 4 nitrogen and oxygen atoms in total. The van der Waals surface area contributed by atoms with Crippen molar-refractivity contribution in [1.82, 2.24) is 15.3 Å². The van der Waals surface area contributed by atoms with E-state index >= 15 is 0 Å². The molecule has 0 unspecified atom stereocenters. The molecule has 2 heterocycles. The SMILES string of the molecule is CCc1cc(C(=O)NCc2cscn2)cc(Cl)n1. The number of nitrogens with one attached hydrogen (secondary N) is 1. The molecule has 1 N–H and O–H groups in total. The Morgan fingerprint density at radius 2 is 2.28 bits per heavy atom. The summed E-state index contributed by atoms with van der Waals surface area (Å²) < 4.78 is 0. The first kappa shape index (κ1) is 13.0. The van der Waals surface area contributed by atoms with Gasteiger partial charge in [0.15, 0.2) is 0 Å². The van der Waals surface area contributed by atoms with E-state index in [2.05, 4.69) is 15.3 Å². The number of aromatic nitrogens is 2. The van der Waals surface area contributed by atoms with Gasteiger partial charge in [0.25, 0.3) is 5.91 Å². The molecule has 2 aromatic rings. The summed E-state index contributed by atoms with van der Waals surface area (Å²) in [6.45, 7) is 2.39. The third kappa shape index (κ3) is 3.27. The Kier molecular flexibility index (Phi) is 4.28. The van der Waals surface area contributed by atoms with Crippen molar-refractivity contribution in [2.75, 3.05) is 0 Å². The number of thiazole rings is 1. The van der Waals surface area contributed by atoms with Gasteiger partial charge in [0.05, 0.1) is 17.7 Å². The van der Waals surface area contributed by atoms with Crippen molar-refractivity contribution >= 4 is 28.8 Å². The molecule has 0 saturated heterocycles. The molecule has 0 bridgehead atoms. The van der Waals surface area contributed by atoms with E-state index in [1.807, 2.05) is 12.3 Å². The molecule has 1 amide bonds. The number of carbonyl (C=O) groups excluding carboxylic acids is 1. The number of aryl methyl sites for hydroxylation is 1. The van der Waals surface area contributed by atoms with Crippen LogP contribution in [0.15, 0.2) is 23.0 Å². The Morgan fingerprint density at radius 1 is 1.44 bits per heavy atom. The van der Waals surface area contributed by atoms with E-state index in [0.717, 1.165) is 17.8 Å². The minimum atomic E-state index is -0.165. The summed E-state index contributed by atoms with van der Waals surface area (Å²) in [6.07, 6.45) is 0.743. The molecule has 0 spiro atoms. The van der Waals surface area contributed by atoms with Gasteiger partial charge in [0.1, 0.15) is 5.15 Å². The van der Waals surface area contributed by atoms with Crippen molar-refractivity contribution < 1.29 is 4.79 Å². The predicted molar refractivity (Wildman–Crippen MR) is 71.9 cm³/mol. The number of nitrogens with zero attached hydrogens (tertiary/aromatic N) is 2. The van der Waals surface area contributed by atoms with Gasteiger partial charge in [-0.25, -0.2) is 9.97 Å². The number of halogens is 1. The fourth-order valence-corrected chi connectivity index (χ4v) is 2.25. The average molecular weight is 282 g/mol. The van der Waals surface area contributed by atoms with Crippen LogP contribution >= 0.6 is 22.9 Å². The molecular formula is C12H12ClN3OS. The number of carbonyl (C=O) groups is 1. The van der Waals surface area contributed by atoms with Crippen LogP contribution in [0.2, 0.25) is 5.15 Å². The molecule has 2 aromatic heterocycles. The maximum absolute atomic E-state index is 11.9. The van der Waals surface area contributed by atoms with Crippen LogP contribution < -0.4 is 5.32 Å². The van der Waals surface area contributed by atoms with E-state index in [4.69, 9.17) is 11.6 Å². The van der Waals surface area contributed by atoms with Crippen LogP contribution in [0.25, 0.3) is 0 Å². The van der Waals surface area contributed by atoms with Crippen molar-refractivity contribution in [2.45, 2.75) is 19.9 Å². The zero-order valence-corrected chi connectivity index (χ0v) is 11.4. The number of pyridine rings is 1. The lowest BCUT2D eigenvalue weighted by atomic mass is 10.2. The van der Waals surface area contributed by atoms with Gasteiger partial charge in [0.2, 0.25) is 0 Å². The van der Waals surface area contributed by atoms with E-state index < -0.39 is 0 Å². The number of amides is 1. The molecular weight excluding hydrogens is 270 g/mol. The van der Waals surface area contributed by atoms with Crippen LogP contribution in [0.1, 0.15) is 28.7 Å². The molecule has 0 aliphatic heterocycles. The highest BCUT2D eigenvalue weighted by Gasteiger charge is 2.09. The van der Waals surface area contributed by atoms with E-state index in [0.29, 0.717) is 17.3 Å². The zero-order chi connectivity index (χ0) is 13.0. The van der Waals surface area contributed by atoms with Crippen LogP contribution in [0, 0.1) is 0 Å². The maximum Gasteiger partial charge on any atom is 0.251 e. The normalized spacial score (nSPS) is 10.3. The first-order valence-electron chi connectivity index (χ1n) is 5.50. The van der Waals surface area contributed by atoms with Gasteiger partial charge in [-0.1, -0.05) is 18.5 Å². The first-order chi connectivity index (χ1) is 8.69. The lowest BCUT2D eigenvalue weighted by Crippen LogP contribution is -2.23. The summed E-state index contributed by atoms with van der Waals surface area (Å²) in [5.41, 5.74) is 3.92. The van der Waals surface area contributed by atoms with Crippen LogP contribution in [0.3, 0.4) is 0 Å². The van der Waals surface area contributed by atoms with Crippen LogP contribution in [0.4, 0.5) is 0 Å². The second-order valence-corrected chi connectivity index (χ2v) is 4.79. The van der Waals surface area contributed by atoms with Gasteiger partial charge in [-0.15, -0.1) is 11.3 Å². The fraction of sp³-hybridized carbons (Fsp3) is 0.250. The van der Waals surface area contributed by atoms with E-state index in [1.54, 1.807) is 17.6 Å². The molecule has 0 aliphatic carbocycles. The fourth-order valence-electron chi connectivity index (χ4n) is 1.46. The van der Waals surface area contributed by atoms with Gasteiger partial charge in [-0.2, -0.15) is 0 Å². The second kappa shape index (κ2) is 5.93. The summed E-state index contributed by atoms with van der Waals surface area (Å²) in [6, 6.07) is 3.32. The second-order valence-electron chi connectivity index (χ2n) is 3.69. The first-order valence-corrected chi connectivity index (χ1v) is 6.83. The molecule has 0 atom stereocenters. The Balaban J connectivity index is 2.06. The van der Waals surface area contributed by atoms with Crippen molar-refractivity contribution in [2.24, 2.45) is 0 Å². The summed E-state index contributed by atoms with van der Waals surface area (Å²) in [5.74, 6) is -0.165. The Labute approximate surface area is 114 Å². The standard InChI is InChI=1S/C12H12ClN3OS/c1-2-9-3-8(4-11(13)16-9)12(17)14-5-10-6-18-7-15-10/h3-4,6-7H,2,5H2,1H3,(H,14,17). The topological polar surface area (TPSA) is 54.9 Å².